The summed E-state index contributed by atoms with van der Waals surface area (Å²) in [6, 6.07) is 10.4. The molecule has 0 aliphatic rings. The van der Waals surface area contributed by atoms with E-state index >= 15 is 0 Å². The third kappa shape index (κ3) is 3.68. The molecule has 4 heteroatoms. The standard InChI is InChI=1S/C16H22BrNOSi/c1-16(2,3)15(19-20(4)5)14-8-6-11-10-12(17)7-9-13(11)18-14/h6-10,15,20H,1-5H3. The van der Waals surface area contributed by atoms with E-state index in [9.17, 15) is 0 Å². The summed E-state index contributed by atoms with van der Waals surface area (Å²) in [7, 11) is -1.12. The first-order valence-corrected chi connectivity index (χ1v) is 10.6. The van der Waals surface area contributed by atoms with Crippen molar-refractivity contribution in [3.8, 4) is 0 Å². The number of nitrogens with zero attached hydrogens (tertiary/aromatic N) is 1. The average Bonchev–Trinajstić information content (AvgIpc) is 2.34. The summed E-state index contributed by atoms with van der Waals surface area (Å²) < 4.78 is 7.32. The van der Waals surface area contributed by atoms with Crippen LogP contribution in [0.2, 0.25) is 13.1 Å². The van der Waals surface area contributed by atoms with Crippen LogP contribution >= 0.6 is 15.9 Å². The van der Waals surface area contributed by atoms with Crippen LogP contribution in [0.4, 0.5) is 0 Å². The molecule has 0 aliphatic heterocycles. The van der Waals surface area contributed by atoms with Crippen LogP contribution in [0.15, 0.2) is 34.8 Å². The van der Waals surface area contributed by atoms with Crippen molar-refractivity contribution in [1.82, 2.24) is 4.98 Å². The van der Waals surface area contributed by atoms with Gasteiger partial charge < -0.3 is 4.43 Å². The van der Waals surface area contributed by atoms with Gasteiger partial charge in [0.2, 0.25) is 0 Å². The quantitative estimate of drug-likeness (QED) is 0.719. The second-order valence-electron chi connectivity index (χ2n) is 6.50. The first-order chi connectivity index (χ1) is 9.27. The Morgan fingerprint density at radius 3 is 2.45 bits per heavy atom. The molecule has 0 amide bonds. The zero-order chi connectivity index (χ0) is 14.9. The maximum atomic E-state index is 6.24. The Kier molecular flexibility index (Phi) is 4.67. The number of rotatable bonds is 3. The Morgan fingerprint density at radius 2 is 1.85 bits per heavy atom. The van der Waals surface area contributed by atoms with Crippen LogP contribution in [-0.2, 0) is 4.43 Å². The first-order valence-electron chi connectivity index (χ1n) is 6.99. The van der Waals surface area contributed by atoms with Gasteiger partial charge in [-0.1, -0.05) is 42.8 Å². The molecule has 20 heavy (non-hydrogen) atoms. The molecule has 0 saturated carbocycles. The molecule has 0 bridgehead atoms. The van der Waals surface area contributed by atoms with Crippen LogP contribution in [-0.4, -0.2) is 14.0 Å². The zero-order valence-electron chi connectivity index (χ0n) is 12.8. The fraction of sp³-hybridized carbons (Fsp3) is 0.438. The molecule has 108 valence electrons. The van der Waals surface area contributed by atoms with E-state index in [-0.39, 0.29) is 11.5 Å². The first kappa shape index (κ1) is 15.7. The third-order valence-corrected chi connectivity index (χ3v) is 4.45. The van der Waals surface area contributed by atoms with E-state index in [4.69, 9.17) is 9.41 Å². The number of aromatic nitrogens is 1. The summed E-state index contributed by atoms with van der Waals surface area (Å²) >= 11 is 3.50. The van der Waals surface area contributed by atoms with Crippen LogP contribution in [0.1, 0.15) is 32.6 Å². The lowest BCUT2D eigenvalue weighted by atomic mass is 9.87. The van der Waals surface area contributed by atoms with Crippen molar-refractivity contribution >= 4 is 35.9 Å². The van der Waals surface area contributed by atoms with Crippen LogP contribution < -0.4 is 0 Å². The lowest BCUT2D eigenvalue weighted by Crippen LogP contribution is -2.26. The van der Waals surface area contributed by atoms with Crippen molar-refractivity contribution in [3.05, 3.63) is 40.5 Å². The predicted molar refractivity (Wildman–Crippen MR) is 91.6 cm³/mol. The summed E-state index contributed by atoms with van der Waals surface area (Å²) in [5.41, 5.74) is 2.11. The molecule has 1 aromatic heterocycles. The third-order valence-electron chi connectivity index (χ3n) is 3.14. The smallest absolute Gasteiger partial charge is 0.171 e. The zero-order valence-corrected chi connectivity index (χ0v) is 15.5. The van der Waals surface area contributed by atoms with E-state index in [0.717, 1.165) is 21.1 Å². The number of fused-ring (bicyclic) bond motifs is 1. The van der Waals surface area contributed by atoms with Gasteiger partial charge in [0.1, 0.15) is 0 Å². The number of benzene rings is 1. The molecule has 1 heterocycles. The molecular weight excluding hydrogens is 330 g/mol. The van der Waals surface area contributed by atoms with E-state index < -0.39 is 9.04 Å². The maximum absolute atomic E-state index is 6.24. The van der Waals surface area contributed by atoms with Crippen molar-refractivity contribution < 1.29 is 4.43 Å². The molecule has 0 fully saturated rings. The molecule has 0 radical (unpaired) electrons. The van der Waals surface area contributed by atoms with Crippen LogP contribution in [0.5, 0.6) is 0 Å². The van der Waals surface area contributed by atoms with Gasteiger partial charge in [-0.05, 0) is 42.8 Å². The molecule has 2 rings (SSSR count). The van der Waals surface area contributed by atoms with Gasteiger partial charge >= 0.3 is 0 Å². The van der Waals surface area contributed by atoms with E-state index in [0.29, 0.717) is 0 Å². The molecule has 2 nitrogen and oxygen atoms in total. The van der Waals surface area contributed by atoms with Gasteiger partial charge in [-0.25, -0.2) is 0 Å². The van der Waals surface area contributed by atoms with Crippen LogP contribution in [0.3, 0.4) is 0 Å². The summed E-state index contributed by atoms with van der Waals surface area (Å²) in [6.07, 6.45) is 0.0576. The number of hydrogen-bond acceptors (Lipinski definition) is 2. The number of pyridine rings is 1. The van der Waals surface area contributed by atoms with Crippen molar-refractivity contribution in [2.24, 2.45) is 5.41 Å². The summed E-state index contributed by atoms with van der Waals surface area (Å²) in [4.78, 5) is 4.81. The average molecular weight is 352 g/mol. The maximum Gasteiger partial charge on any atom is 0.171 e. The van der Waals surface area contributed by atoms with Gasteiger partial charge in [0.15, 0.2) is 9.04 Å². The summed E-state index contributed by atoms with van der Waals surface area (Å²) in [6.45, 7) is 11.0. The van der Waals surface area contributed by atoms with Crippen molar-refractivity contribution in [1.29, 1.82) is 0 Å². The molecule has 1 unspecified atom stereocenters. The monoisotopic (exact) mass is 351 g/mol. The minimum Gasteiger partial charge on any atom is -0.412 e. The van der Waals surface area contributed by atoms with Gasteiger partial charge in [0, 0.05) is 9.86 Å². The number of halogens is 1. The van der Waals surface area contributed by atoms with E-state index in [1.807, 2.05) is 6.07 Å². The number of hydrogen-bond donors (Lipinski definition) is 0. The fourth-order valence-corrected chi connectivity index (χ4v) is 3.72. The lowest BCUT2D eigenvalue weighted by Gasteiger charge is -2.32. The van der Waals surface area contributed by atoms with Gasteiger partial charge in [-0.3, -0.25) is 4.98 Å². The second kappa shape index (κ2) is 5.96. The molecule has 0 N–H and O–H groups in total. The van der Waals surface area contributed by atoms with E-state index in [1.165, 1.54) is 0 Å². The van der Waals surface area contributed by atoms with Crippen molar-refractivity contribution in [3.63, 3.8) is 0 Å². The second-order valence-corrected chi connectivity index (χ2v) is 9.79. The minimum atomic E-state index is -1.12. The van der Waals surface area contributed by atoms with Crippen LogP contribution in [0.25, 0.3) is 10.9 Å². The Morgan fingerprint density at radius 1 is 1.15 bits per heavy atom. The molecule has 1 atom stereocenters. The molecule has 1 aromatic carbocycles. The van der Waals surface area contributed by atoms with E-state index in [2.05, 4.69) is 74.1 Å². The van der Waals surface area contributed by atoms with Gasteiger partial charge in [0.25, 0.3) is 0 Å². The SMILES string of the molecule is C[SiH](C)OC(c1ccc2cc(Br)ccc2n1)C(C)(C)C. The van der Waals surface area contributed by atoms with Crippen molar-refractivity contribution in [2.45, 2.75) is 40.0 Å². The van der Waals surface area contributed by atoms with Gasteiger partial charge in [0.05, 0.1) is 17.3 Å². The molecular formula is C16H22BrNOSi. The topological polar surface area (TPSA) is 22.1 Å². The Labute approximate surface area is 131 Å². The lowest BCUT2D eigenvalue weighted by molar-refractivity contribution is 0.0830. The Hall–Kier alpha value is -0.713. The molecule has 0 saturated heterocycles. The summed E-state index contributed by atoms with van der Waals surface area (Å²) in [5.74, 6) is 0. The summed E-state index contributed by atoms with van der Waals surface area (Å²) in [5, 5.41) is 1.15. The fourth-order valence-electron chi connectivity index (χ4n) is 2.25. The van der Waals surface area contributed by atoms with Crippen LogP contribution in [0, 0.1) is 5.41 Å². The van der Waals surface area contributed by atoms with Gasteiger partial charge in [-0.15, -0.1) is 0 Å². The minimum absolute atomic E-state index is 0.0489. The highest BCUT2D eigenvalue weighted by atomic mass is 79.9. The largest absolute Gasteiger partial charge is 0.412 e. The molecule has 0 spiro atoms. The van der Waals surface area contributed by atoms with Crippen molar-refractivity contribution in [2.75, 3.05) is 0 Å². The normalized spacial score (nSPS) is 13.9. The molecule has 0 aliphatic carbocycles. The predicted octanol–water partition coefficient (Wildman–Crippen LogP) is 5.08. The Balaban J connectivity index is 2.45. The highest BCUT2D eigenvalue weighted by Crippen LogP contribution is 2.36. The van der Waals surface area contributed by atoms with E-state index in [1.54, 1.807) is 0 Å². The Bertz CT molecular complexity index is 607. The molecule has 2 aromatic rings. The highest BCUT2D eigenvalue weighted by Gasteiger charge is 2.29. The highest BCUT2D eigenvalue weighted by molar-refractivity contribution is 9.10. The van der Waals surface area contributed by atoms with Gasteiger partial charge in [-0.2, -0.15) is 0 Å².